The normalized spacial score (nSPS) is 27.9. The van der Waals surface area contributed by atoms with E-state index >= 15 is 0 Å². The van der Waals surface area contributed by atoms with Crippen molar-refractivity contribution in [3.63, 3.8) is 0 Å². The highest BCUT2D eigenvalue weighted by Crippen LogP contribution is 2.24. The number of ether oxygens (including phenoxy) is 2. The summed E-state index contributed by atoms with van der Waals surface area (Å²) in [7, 11) is 0. The average Bonchev–Trinajstić information content (AvgIpc) is 3.20. The molecule has 3 amide bonds. The summed E-state index contributed by atoms with van der Waals surface area (Å²) in [5, 5.41) is 39.5. The lowest BCUT2D eigenvalue weighted by atomic mass is 9.84. The number of fused-ring (bicyclic) bond motifs is 2. The minimum absolute atomic E-state index is 0.0299. The van der Waals surface area contributed by atoms with Gasteiger partial charge in [-0.2, -0.15) is 0 Å². The number of phenolic OH excluding ortho intramolecular Hbond substituents is 1. The third kappa shape index (κ3) is 15.8. The maximum absolute atomic E-state index is 14.3. The number of unbranched alkanes of at least 4 members (excludes halogenated alkanes) is 1. The zero-order valence-corrected chi connectivity index (χ0v) is 35.7. The molecular weight excluding hydrogens is 773 g/mol. The minimum Gasteiger partial charge on any atom is -0.508 e. The molecule has 6 N–H and O–H groups in total. The SMILES string of the molecule is CCCCOC(=O)/C=C/C=C(\C)[C@@H]1C/C=C/C=C/[C@H](O)[C@H](C)[C@@H](O)[C@@H](CCC(C)=O)C(=O)N[C@@H](C(C)C)C(=O)N[C@@H](Cc2cccc(O)c2)C(=O)N2CCCC(N2)C(=O)O1. The Kier molecular flexibility index (Phi) is 20.4. The van der Waals surface area contributed by atoms with Crippen LogP contribution in [0.5, 0.6) is 5.75 Å². The fourth-order valence-corrected chi connectivity index (χ4v) is 6.80. The molecule has 60 heavy (non-hydrogen) atoms. The van der Waals surface area contributed by atoms with Crippen molar-refractivity contribution in [1.82, 2.24) is 21.1 Å². The highest BCUT2D eigenvalue weighted by molar-refractivity contribution is 5.93. The number of aromatic hydroxyl groups is 1. The number of phenols is 1. The third-order valence-electron chi connectivity index (χ3n) is 10.6. The number of hydrogen-bond acceptors (Lipinski definition) is 12. The van der Waals surface area contributed by atoms with E-state index in [9.17, 15) is 44.1 Å². The van der Waals surface area contributed by atoms with E-state index in [0.29, 0.717) is 30.6 Å². The maximum atomic E-state index is 14.3. The molecule has 1 aromatic rings. The molecule has 2 bridgehead atoms. The number of benzene rings is 1. The van der Waals surface area contributed by atoms with Crippen LogP contribution < -0.4 is 16.1 Å². The summed E-state index contributed by atoms with van der Waals surface area (Å²) in [5.74, 6) is -5.90. The summed E-state index contributed by atoms with van der Waals surface area (Å²) in [6.45, 7) is 10.6. The number of carbonyl (C=O) groups is 6. The first-order valence-electron chi connectivity index (χ1n) is 20.9. The third-order valence-corrected chi connectivity index (χ3v) is 10.6. The van der Waals surface area contributed by atoms with Crippen LogP contribution >= 0.6 is 0 Å². The second kappa shape index (κ2) is 24.8. The van der Waals surface area contributed by atoms with E-state index in [1.807, 2.05) is 6.92 Å². The molecule has 0 aromatic heterocycles. The fraction of sp³-hybridized carbons (Fsp3) is 0.556. The molecule has 1 saturated heterocycles. The number of aliphatic hydroxyl groups excluding tert-OH is 2. The van der Waals surface area contributed by atoms with E-state index in [1.165, 1.54) is 42.3 Å². The number of esters is 2. The zero-order valence-electron chi connectivity index (χ0n) is 35.7. The largest absolute Gasteiger partial charge is 0.508 e. The number of nitrogens with one attached hydrogen (secondary N) is 3. The molecule has 1 fully saturated rings. The van der Waals surface area contributed by atoms with Gasteiger partial charge in [0, 0.05) is 37.8 Å². The highest BCUT2D eigenvalue weighted by atomic mass is 16.5. The van der Waals surface area contributed by atoms with Gasteiger partial charge in [-0.05, 0) is 68.7 Å². The summed E-state index contributed by atoms with van der Waals surface area (Å²) in [6.07, 6.45) is 9.82. The molecule has 0 spiro atoms. The lowest BCUT2D eigenvalue weighted by Gasteiger charge is -2.36. The maximum Gasteiger partial charge on any atom is 0.330 e. The predicted molar refractivity (Wildman–Crippen MR) is 225 cm³/mol. The molecular formula is C45H64N4O11. The zero-order chi connectivity index (χ0) is 44.4. The molecule has 2 aliphatic rings. The number of cyclic esters (lactones) is 1. The number of amides is 3. The lowest BCUT2D eigenvalue weighted by molar-refractivity contribution is -0.156. The molecule has 3 rings (SSSR count). The van der Waals surface area contributed by atoms with Gasteiger partial charge in [-0.3, -0.25) is 24.2 Å². The number of rotatable bonds is 12. The minimum atomic E-state index is -1.42. The molecule has 15 heteroatoms. The highest BCUT2D eigenvalue weighted by Gasteiger charge is 2.38. The molecule has 1 unspecified atom stereocenters. The van der Waals surface area contributed by atoms with Gasteiger partial charge in [0.25, 0.3) is 5.91 Å². The quantitative estimate of drug-likeness (QED) is 0.0769. The number of Topliss-reactive ketones (excluding diaryl/α,β-unsaturated/α-hetero) is 1. The number of hydrazine groups is 1. The van der Waals surface area contributed by atoms with Gasteiger partial charge < -0.3 is 40.2 Å². The number of allylic oxidation sites excluding steroid dienone is 4. The Labute approximate surface area is 353 Å². The second-order valence-electron chi connectivity index (χ2n) is 15.9. The van der Waals surface area contributed by atoms with Crippen LogP contribution in [0.4, 0.5) is 0 Å². The first-order chi connectivity index (χ1) is 28.5. The fourth-order valence-electron chi connectivity index (χ4n) is 6.80. The van der Waals surface area contributed by atoms with E-state index in [1.54, 1.807) is 64.1 Å². The first-order valence-corrected chi connectivity index (χ1v) is 20.9. The van der Waals surface area contributed by atoms with E-state index in [4.69, 9.17) is 9.47 Å². The Bertz CT molecular complexity index is 1760. The molecule has 2 aliphatic heterocycles. The van der Waals surface area contributed by atoms with Gasteiger partial charge in [0.1, 0.15) is 35.8 Å². The van der Waals surface area contributed by atoms with E-state index in [2.05, 4.69) is 16.1 Å². The van der Waals surface area contributed by atoms with Crippen LogP contribution in [-0.2, 0) is 44.7 Å². The monoisotopic (exact) mass is 836 g/mol. The molecule has 2 heterocycles. The van der Waals surface area contributed by atoms with Crippen LogP contribution in [0.15, 0.2) is 72.4 Å². The van der Waals surface area contributed by atoms with Gasteiger partial charge in [-0.15, -0.1) is 0 Å². The molecule has 1 aromatic carbocycles. The van der Waals surface area contributed by atoms with Crippen molar-refractivity contribution in [3.8, 4) is 5.75 Å². The average molecular weight is 837 g/mol. The Hall–Kier alpha value is -5.12. The van der Waals surface area contributed by atoms with Crippen molar-refractivity contribution in [2.24, 2.45) is 17.8 Å². The number of carbonyl (C=O) groups excluding carboxylic acids is 6. The Morgan fingerprint density at radius 3 is 2.50 bits per heavy atom. The standard InChI is InChI=1S/C45H64N4O11/c1-7-8-25-59-39(53)21-12-15-29(4)38-20-11-9-10-19-37(52)31(6)41(54)34(23-22-30(5)50)42(55)47-40(28(2)3)43(56)46-36(27-32-16-13-17-33(51)26-32)44(57)49-24-14-18-35(48-49)45(58)60-38/h9-13,15-17,19,21,26,28,31,34-38,40-41,48,51-52,54H,7-8,14,18,20,22-25,27H2,1-6H3,(H,46,56)(H,47,55)/b11-9+,19-10+,21-12+,29-15+/t31-,34+,35?,36-,37-,38-,40-,41+/m0/s1. The van der Waals surface area contributed by atoms with Crippen LogP contribution in [0.3, 0.4) is 0 Å². The molecule has 15 nitrogen and oxygen atoms in total. The molecule has 0 aliphatic carbocycles. The molecule has 0 saturated carbocycles. The number of hydrogen-bond donors (Lipinski definition) is 6. The van der Waals surface area contributed by atoms with Crippen LogP contribution in [0, 0.1) is 17.8 Å². The Morgan fingerprint density at radius 2 is 1.82 bits per heavy atom. The molecule has 330 valence electrons. The Balaban J connectivity index is 2.05. The summed E-state index contributed by atoms with van der Waals surface area (Å²) >= 11 is 0. The topological polar surface area (TPSA) is 221 Å². The molecule has 0 radical (unpaired) electrons. The second-order valence-corrected chi connectivity index (χ2v) is 15.9. The predicted octanol–water partition coefficient (Wildman–Crippen LogP) is 3.67. The van der Waals surface area contributed by atoms with Crippen molar-refractivity contribution < 1.29 is 53.6 Å². The van der Waals surface area contributed by atoms with Gasteiger partial charge >= 0.3 is 11.9 Å². The first kappa shape index (κ1) is 49.2. The van der Waals surface area contributed by atoms with Crippen molar-refractivity contribution in [1.29, 1.82) is 0 Å². The Morgan fingerprint density at radius 1 is 1.07 bits per heavy atom. The van der Waals surface area contributed by atoms with Gasteiger partial charge in [-0.25, -0.2) is 10.2 Å². The summed E-state index contributed by atoms with van der Waals surface area (Å²) < 4.78 is 11.2. The van der Waals surface area contributed by atoms with Crippen molar-refractivity contribution in [2.45, 2.75) is 129 Å². The van der Waals surface area contributed by atoms with Crippen molar-refractivity contribution in [2.75, 3.05) is 13.2 Å². The smallest absolute Gasteiger partial charge is 0.330 e. The number of nitrogens with zero attached hydrogens (tertiary/aromatic N) is 1. The van der Waals surface area contributed by atoms with E-state index < -0.39 is 83.9 Å². The lowest BCUT2D eigenvalue weighted by Crippen LogP contribution is -2.62. The van der Waals surface area contributed by atoms with Gasteiger partial charge in [-0.1, -0.05) is 82.7 Å². The van der Waals surface area contributed by atoms with Crippen LogP contribution in [0.1, 0.15) is 92.1 Å². The van der Waals surface area contributed by atoms with Gasteiger partial charge in [0.05, 0.1) is 24.7 Å². The summed E-state index contributed by atoms with van der Waals surface area (Å²) in [6, 6.07) is 2.90. The number of ketones is 1. The van der Waals surface area contributed by atoms with Crippen LogP contribution in [0.25, 0.3) is 0 Å². The van der Waals surface area contributed by atoms with E-state index in [0.717, 1.165) is 12.8 Å². The van der Waals surface area contributed by atoms with Crippen LogP contribution in [-0.4, -0.2) is 105 Å². The number of aliphatic hydroxyl groups is 2. The summed E-state index contributed by atoms with van der Waals surface area (Å²) in [5.41, 5.74) is 4.13. The van der Waals surface area contributed by atoms with Crippen molar-refractivity contribution >= 4 is 35.4 Å². The van der Waals surface area contributed by atoms with Crippen LogP contribution in [0.2, 0.25) is 0 Å². The van der Waals surface area contributed by atoms with E-state index in [-0.39, 0.29) is 43.8 Å². The van der Waals surface area contributed by atoms with Gasteiger partial charge in [0.2, 0.25) is 11.8 Å². The van der Waals surface area contributed by atoms with Crippen molar-refractivity contribution in [3.05, 3.63) is 77.9 Å². The van der Waals surface area contributed by atoms with Gasteiger partial charge in [0.15, 0.2) is 0 Å². The summed E-state index contributed by atoms with van der Waals surface area (Å²) in [4.78, 5) is 80.2. The molecule has 8 atom stereocenters.